The highest BCUT2D eigenvalue weighted by atomic mass is 32.2. The maximum absolute atomic E-state index is 12.0. The molecule has 0 spiro atoms. The van der Waals surface area contributed by atoms with E-state index in [4.69, 9.17) is 14.2 Å². The average molecular weight is 389 g/mol. The van der Waals surface area contributed by atoms with Crippen molar-refractivity contribution in [1.82, 2.24) is 0 Å². The Labute approximate surface area is 163 Å². The van der Waals surface area contributed by atoms with Crippen molar-refractivity contribution in [2.24, 2.45) is 0 Å². The largest absolute Gasteiger partial charge is 0.492 e. The minimum Gasteiger partial charge on any atom is -0.492 e. The molecule has 27 heavy (non-hydrogen) atoms. The normalized spacial score (nSPS) is 10.1. The first-order valence-electron chi connectivity index (χ1n) is 8.62. The lowest BCUT2D eigenvalue weighted by Crippen LogP contribution is -2.18. The van der Waals surface area contributed by atoms with Gasteiger partial charge in [-0.05, 0) is 31.2 Å². The molecule has 0 unspecified atom stereocenters. The maximum Gasteiger partial charge on any atom is 0.316 e. The van der Waals surface area contributed by atoms with Gasteiger partial charge in [0.15, 0.2) is 0 Å². The van der Waals surface area contributed by atoms with Crippen LogP contribution in [0.1, 0.15) is 6.92 Å². The zero-order chi connectivity index (χ0) is 19.3. The van der Waals surface area contributed by atoms with Crippen LogP contribution >= 0.6 is 11.8 Å². The van der Waals surface area contributed by atoms with Crippen molar-refractivity contribution in [1.29, 1.82) is 0 Å². The van der Waals surface area contributed by atoms with E-state index in [0.29, 0.717) is 18.0 Å². The van der Waals surface area contributed by atoms with Gasteiger partial charge in [-0.25, -0.2) is 0 Å². The summed E-state index contributed by atoms with van der Waals surface area (Å²) in [4.78, 5) is 23.7. The van der Waals surface area contributed by atoms with E-state index in [1.807, 2.05) is 49.4 Å². The number of hydrogen-bond donors (Lipinski definition) is 1. The van der Waals surface area contributed by atoms with Crippen molar-refractivity contribution in [2.45, 2.75) is 6.92 Å². The van der Waals surface area contributed by atoms with E-state index < -0.39 is 0 Å². The van der Waals surface area contributed by atoms with E-state index in [0.717, 1.165) is 5.75 Å². The summed E-state index contributed by atoms with van der Waals surface area (Å²) >= 11 is 1.19. The van der Waals surface area contributed by atoms with Gasteiger partial charge in [0.2, 0.25) is 5.91 Å². The van der Waals surface area contributed by atoms with Crippen molar-refractivity contribution in [2.75, 3.05) is 36.6 Å². The minimum absolute atomic E-state index is 0.103. The molecule has 0 aliphatic rings. The summed E-state index contributed by atoms with van der Waals surface area (Å²) in [5, 5.41) is 2.78. The van der Waals surface area contributed by atoms with Crippen molar-refractivity contribution in [3.05, 3.63) is 54.6 Å². The second-order valence-electron chi connectivity index (χ2n) is 5.35. The van der Waals surface area contributed by atoms with Crippen molar-refractivity contribution in [3.63, 3.8) is 0 Å². The second-order valence-corrected chi connectivity index (χ2v) is 6.34. The molecule has 0 saturated heterocycles. The monoisotopic (exact) mass is 389 g/mol. The summed E-state index contributed by atoms with van der Waals surface area (Å²) in [5.41, 5.74) is 0.616. The summed E-state index contributed by atoms with van der Waals surface area (Å²) in [6, 6.07) is 16.5. The van der Waals surface area contributed by atoms with Crippen LogP contribution in [0, 0.1) is 0 Å². The Morgan fingerprint density at radius 1 is 0.926 bits per heavy atom. The maximum atomic E-state index is 12.0. The quantitative estimate of drug-likeness (QED) is 0.469. The Kier molecular flexibility index (Phi) is 9.06. The summed E-state index contributed by atoms with van der Waals surface area (Å²) in [7, 11) is 0. The first-order chi connectivity index (χ1) is 13.2. The van der Waals surface area contributed by atoms with Gasteiger partial charge < -0.3 is 19.5 Å². The number of esters is 1. The zero-order valence-corrected chi connectivity index (χ0v) is 16.0. The van der Waals surface area contributed by atoms with Gasteiger partial charge in [-0.1, -0.05) is 30.3 Å². The third-order valence-corrected chi connectivity index (χ3v) is 4.18. The molecule has 0 radical (unpaired) electrons. The minimum atomic E-state index is -0.376. The smallest absolute Gasteiger partial charge is 0.316 e. The van der Waals surface area contributed by atoms with Crippen LogP contribution in [0.5, 0.6) is 11.5 Å². The zero-order valence-electron chi connectivity index (χ0n) is 15.2. The molecule has 0 fully saturated rings. The standard InChI is InChI=1S/C20H23NO5S/c1-2-24-18-11-7-6-10-17(18)21-19(22)14-27-15-20(23)26-13-12-25-16-8-4-3-5-9-16/h3-11H,2,12-15H2,1H3,(H,21,22). The van der Waals surface area contributed by atoms with Crippen LogP contribution in [0.15, 0.2) is 54.6 Å². The number of amides is 1. The molecule has 2 aromatic rings. The molecule has 144 valence electrons. The molecule has 6 nitrogen and oxygen atoms in total. The van der Waals surface area contributed by atoms with Crippen LogP contribution in [0.3, 0.4) is 0 Å². The molecule has 0 aliphatic heterocycles. The van der Waals surface area contributed by atoms with Gasteiger partial charge in [0.1, 0.15) is 24.7 Å². The molecule has 0 aromatic heterocycles. The molecule has 0 atom stereocenters. The summed E-state index contributed by atoms with van der Waals surface area (Å²) in [6.07, 6.45) is 0. The Balaban J connectivity index is 1.60. The van der Waals surface area contributed by atoms with Crippen molar-refractivity contribution < 1.29 is 23.8 Å². The van der Waals surface area contributed by atoms with Gasteiger partial charge in [-0.15, -0.1) is 11.8 Å². The molecule has 7 heteroatoms. The number of thioether (sulfide) groups is 1. The number of rotatable bonds is 11. The van der Waals surface area contributed by atoms with Crippen molar-refractivity contribution in [3.8, 4) is 11.5 Å². The van der Waals surface area contributed by atoms with Gasteiger partial charge in [0, 0.05) is 0 Å². The Hall–Kier alpha value is -2.67. The summed E-state index contributed by atoms with van der Waals surface area (Å²) < 4.78 is 16.0. The number of ether oxygens (including phenoxy) is 3. The molecular formula is C20H23NO5S. The number of benzene rings is 2. The van der Waals surface area contributed by atoms with E-state index in [9.17, 15) is 9.59 Å². The van der Waals surface area contributed by atoms with Crippen molar-refractivity contribution >= 4 is 29.3 Å². The lowest BCUT2D eigenvalue weighted by Gasteiger charge is -2.11. The van der Waals surface area contributed by atoms with Gasteiger partial charge in [0.25, 0.3) is 0 Å². The number of nitrogens with one attached hydrogen (secondary N) is 1. The number of carbonyl (C=O) groups is 2. The van der Waals surface area contributed by atoms with E-state index in [2.05, 4.69) is 5.32 Å². The highest BCUT2D eigenvalue weighted by Crippen LogP contribution is 2.23. The molecule has 2 rings (SSSR count). The molecule has 0 aliphatic carbocycles. The van der Waals surface area contributed by atoms with Crippen LogP contribution in [0.2, 0.25) is 0 Å². The van der Waals surface area contributed by atoms with Gasteiger partial charge in [-0.2, -0.15) is 0 Å². The molecular weight excluding hydrogens is 366 g/mol. The Morgan fingerprint density at radius 3 is 2.44 bits per heavy atom. The summed E-state index contributed by atoms with van der Waals surface area (Å²) in [5.74, 6) is 1.02. The SMILES string of the molecule is CCOc1ccccc1NC(=O)CSCC(=O)OCCOc1ccccc1. The number of para-hydroxylation sites is 3. The molecule has 2 aromatic carbocycles. The van der Waals surface area contributed by atoms with E-state index in [-0.39, 0.29) is 36.6 Å². The molecule has 1 amide bonds. The lowest BCUT2D eigenvalue weighted by atomic mass is 10.3. The Bertz CT molecular complexity index is 723. The number of hydrogen-bond acceptors (Lipinski definition) is 6. The predicted octanol–water partition coefficient (Wildman–Crippen LogP) is 3.38. The van der Waals surface area contributed by atoms with Crippen LogP contribution in [0.4, 0.5) is 5.69 Å². The van der Waals surface area contributed by atoms with Crippen LogP contribution < -0.4 is 14.8 Å². The third-order valence-electron chi connectivity index (χ3n) is 3.27. The lowest BCUT2D eigenvalue weighted by molar-refractivity contribution is -0.141. The molecule has 1 N–H and O–H groups in total. The predicted molar refractivity (Wildman–Crippen MR) is 106 cm³/mol. The van der Waals surface area contributed by atoms with Crippen LogP contribution in [-0.2, 0) is 14.3 Å². The molecule has 0 saturated carbocycles. The molecule has 0 bridgehead atoms. The van der Waals surface area contributed by atoms with Crippen LogP contribution in [0.25, 0.3) is 0 Å². The average Bonchev–Trinajstić information content (AvgIpc) is 2.68. The fourth-order valence-electron chi connectivity index (χ4n) is 2.14. The van der Waals surface area contributed by atoms with Gasteiger partial charge >= 0.3 is 5.97 Å². The van der Waals surface area contributed by atoms with E-state index >= 15 is 0 Å². The third kappa shape index (κ3) is 8.04. The van der Waals surface area contributed by atoms with Crippen LogP contribution in [-0.4, -0.2) is 43.2 Å². The highest BCUT2D eigenvalue weighted by Gasteiger charge is 2.09. The first kappa shape index (κ1) is 20.6. The highest BCUT2D eigenvalue weighted by molar-refractivity contribution is 8.00. The fourth-order valence-corrected chi connectivity index (χ4v) is 2.75. The topological polar surface area (TPSA) is 73.9 Å². The van der Waals surface area contributed by atoms with E-state index in [1.54, 1.807) is 12.1 Å². The van der Waals surface area contributed by atoms with E-state index in [1.165, 1.54) is 11.8 Å². The Morgan fingerprint density at radius 2 is 1.67 bits per heavy atom. The summed E-state index contributed by atoms with van der Waals surface area (Å²) in [6.45, 7) is 2.85. The van der Waals surface area contributed by atoms with Gasteiger partial charge in [-0.3, -0.25) is 9.59 Å². The second kappa shape index (κ2) is 11.9. The van der Waals surface area contributed by atoms with Gasteiger partial charge in [0.05, 0.1) is 23.8 Å². The first-order valence-corrected chi connectivity index (χ1v) is 9.77. The fraction of sp³-hybridized carbons (Fsp3) is 0.300. The number of carbonyl (C=O) groups excluding carboxylic acids is 2. The molecule has 0 heterocycles. The number of anilines is 1.